The first-order valence-electron chi connectivity index (χ1n) is 4.79. The molecular formula is C13H12O. The van der Waals surface area contributed by atoms with E-state index in [9.17, 15) is 0 Å². The Balaban J connectivity index is 2.16. The van der Waals surface area contributed by atoms with Gasteiger partial charge in [-0.2, -0.15) is 0 Å². The van der Waals surface area contributed by atoms with Gasteiger partial charge in [-0.25, -0.2) is 0 Å². The molecule has 70 valence electrons. The molecular weight excluding hydrogens is 172 g/mol. The molecule has 0 aromatic heterocycles. The van der Waals surface area contributed by atoms with E-state index in [2.05, 4.69) is 30.1 Å². The summed E-state index contributed by atoms with van der Waals surface area (Å²) in [4.78, 5) is 0. The first kappa shape index (κ1) is 8.90. The topological polar surface area (TPSA) is 9.23 Å². The molecule has 1 aliphatic heterocycles. The predicted molar refractivity (Wildman–Crippen MR) is 57.4 cm³/mol. The molecule has 0 bridgehead atoms. The number of allylic oxidation sites excluding steroid dienone is 5. The first-order chi connectivity index (χ1) is 6.97. The van der Waals surface area contributed by atoms with Crippen LogP contribution in [0.15, 0.2) is 48.3 Å². The molecule has 0 N–H and O–H groups in total. The van der Waals surface area contributed by atoms with Gasteiger partial charge in [0.05, 0.1) is 6.26 Å². The maximum atomic E-state index is 5.50. The zero-order valence-corrected chi connectivity index (χ0v) is 7.94. The zero-order valence-electron chi connectivity index (χ0n) is 7.94. The van der Waals surface area contributed by atoms with Gasteiger partial charge in [0.15, 0.2) is 6.10 Å². The van der Waals surface area contributed by atoms with Gasteiger partial charge < -0.3 is 4.74 Å². The van der Waals surface area contributed by atoms with E-state index in [1.807, 2.05) is 18.2 Å². The lowest BCUT2D eigenvalue weighted by Crippen LogP contribution is -2.08. The van der Waals surface area contributed by atoms with Crippen LogP contribution in [-0.2, 0) is 4.74 Å². The highest BCUT2D eigenvalue weighted by Gasteiger charge is 2.09. The zero-order chi connectivity index (χ0) is 9.64. The SMILES string of the molecule is C1#CC(C2=CCC=CC=C2)OC=CC1. The van der Waals surface area contributed by atoms with E-state index in [1.165, 1.54) is 0 Å². The summed E-state index contributed by atoms with van der Waals surface area (Å²) in [6, 6.07) is 0. The molecule has 1 unspecified atom stereocenters. The number of hydrogen-bond acceptors (Lipinski definition) is 1. The van der Waals surface area contributed by atoms with Crippen molar-refractivity contribution < 1.29 is 4.74 Å². The number of ether oxygens (including phenoxy) is 1. The van der Waals surface area contributed by atoms with Gasteiger partial charge in [-0.1, -0.05) is 42.2 Å². The van der Waals surface area contributed by atoms with E-state index < -0.39 is 0 Å². The van der Waals surface area contributed by atoms with Crippen LogP contribution >= 0.6 is 0 Å². The molecule has 0 spiro atoms. The van der Waals surface area contributed by atoms with Crippen LogP contribution in [-0.4, -0.2) is 6.10 Å². The molecule has 14 heavy (non-hydrogen) atoms. The van der Waals surface area contributed by atoms with Crippen molar-refractivity contribution in [2.24, 2.45) is 0 Å². The number of hydrogen-bond donors (Lipinski definition) is 0. The van der Waals surface area contributed by atoms with Crippen LogP contribution in [0.3, 0.4) is 0 Å². The van der Waals surface area contributed by atoms with Gasteiger partial charge in [-0.3, -0.25) is 0 Å². The molecule has 0 saturated heterocycles. The lowest BCUT2D eigenvalue weighted by Gasteiger charge is -2.10. The second-order valence-electron chi connectivity index (χ2n) is 3.14. The van der Waals surface area contributed by atoms with E-state index in [-0.39, 0.29) is 6.10 Å². The minimum absolute atomic E-state index is 0.0927. The van der Waals surface area contributed by atoms with Crippen LogP contribution in [0.4, 0.5) is 0 Å². The molecule has 1 aliphatic carbocycles. The lowest BCUT2D eigenvalue weighted by molar-refractivity contribution is 0.229. The van der Waals surface area contributed by atoms with E-state index in [4.69, 9.17) is 4.74 Å². The molecule has 1 heteroatoms. The van der Waals surface area contributed by atoms with E-state index in [0.717, 1.165) is 18.4 Å². The summed E-state index contributed by atoms with van der Waals surface area (Å²) < 4.78 is 5.50. The van der Waals surface area contributed by atoms with Crippen LogP contribution in [0, 0.1) is 11.8 Å². The van der Waals surface area contributed by atoms with Crippen molar-refractivity contribution in [1.29, 1.82) is 0 Å². The quantitative estimate of drug-likeness (QED) is 0.569. The van der Waals surface area contributed by atoms with Crippen molar-refractivity contribution in [2.75, 3.05) is 0 Å². The Hall–Kier alpha value is -1.68. The third-order valence-electron chi connectivity index (χ3n) is 2.09. The van der Waals surface area contributed by atoms with E-state index in [0.29, 0.717) is 0 Å². The van der Waals surface area contributed by atoms with Crippen LogP contribution in [0.2, 0.25) is 0 Å². The van der Waals surface area contributed by atoms with Gasteiger partial charge >= 0.3 is 0 Å². The average molecular weight is 184 g/mol. The molecule has 0 aromatic rings. The second kappa shape index (κ2) is 4.53. The fraction of sp³-hybridized carbons (Fsp3) is 0.231. The van der Waals surface area contributed by atoms with Gasteiger partial charge in [0.25, 0.3) is 0 Å². The minimum atomic E-state index is -0.0927. The van der Waals surface area contributed by atoms with Crippen molar-refractivity contribution in [3.63, 3.8) is 0 Å². The van der Waals surface area contributed by atoms with Crippen LogP contribution < -0.4 is 0 Å². The highest BCUT2D eigenvalue weighted by Crippen LogP contribution is 2.14. The molecule has 0 radical (unpaired) electrons. The van der Waals surface area contributed by atoms with Crippen molar-refractivity contribution >= 4 is 0 Å². The Morgan fingerprint density at radius 1 is 1.29 bits per heavy atom. The van der Waals surface area contributed by atoms with Crippen LogP contribution in [0.25, 0.3) is 0 Å². The van der Waals surface area contributed by atoms with Crippen molar-refractivity contribution in [1.82, 2.24) is 0 Å². The molecule has 2 rings (SSSR count). The maximum absolute atomic E-state index is 5.50. The molecule has 1 nitrogen and oxygen atoms in total. The third-order valence-corrected chi connectivity index (χ3v) is 2.09. The summed E-state index contributed by atoms with van der Waals surface area (Å²) in [6.07, 6.45) is 15.7. The maximum Gasteiger partial charge on any atom is 0.183 e. The Morgan fingerprint density at radius 3 is 3.29 bits per heavy atom. The smallest absolute Gasteiger partial charge is 0.183 e. The lowest BCUT2D eigenvalue weighted by atomic mass is 10.1. The fourth-order valence-electron chi connectivity index (χ4n) is 1.38. The summed E-state index contributed by atoms with van der Waals surface area (Å²) >= 11 is 0. The van der Waals surface area contributed by atoms with Crippen LogP contribution in [0.1, 0.15) is 12.8 Å². The third kappa shape index (κ3) is 2.17. The van der Waals surface area contributed by atoms with E-state index >= 15 is 0 Å². The van der Waals surface area contributed by atoms with Gasteiger partial charge in [-0.15, -0.1) is 0 Å². The highest BCUT2D eigenvalue weighted by molar-refractivity contribution is 5.36. The molecule has 0 amide bonds. The average Bonchev–Trinajstić information content (AvgIpc) is 2.62. The van der Waals surface area contributed by atoms with Crippen molar-refractivity contribution in [3.8, 4) is 11.8 Å². The van der Waals surface area contributed by atoms with Gasteiger partial charge in [-0.05, 0) is 12.5 Å². The standard InChI is InChI=1S/C13H12O/c1-2-5-9-12(8-4-1)13-10-6-3-7-11-14-13/h1-2,4,7-9,11,13H,3,5H2. The summed E-state index contributed by atoms with van der Waals surface area (Å²) in [7, 11) is 0. The van der Waals surface area contributed by atoms with Crippen molar-refractivity contribution in [3.05, 3.63) is 48.3 Å². The summed E-state index contributed by atoms with van der Waals surface area (Å²) in [5, 5.41) is 0. The molecule has 2 aliphatic rings. The molecule has 0 saturated carbocycles. The first-order valence-corrected chi connectivity index (χ1v) is 4.79. The normalized spacial score (nSPS) is 24.0. The predicted octanol–water partition coefficient (Wildman–Crippen LogP) is 2.73. The monoisotopic (exact) mass is 184 g/mol. The van der Waals surface area contributed by atoms with Gasteiger partial charge in [0.1, 0.15) is 0 Å². The van der Waals surface area contributed by atoms with Crippen molar-refractivity contribution in [2.45, 2.75) is 18.9 Å². The molecule has 1 heterocycles. The Kier molecular flexibility index (Phi) is 2.88. The van der Waals surface area contributed by atoms with Crippen LogP contribution in [0.5, 0.6) is 0 Å². The summed E-state index contributed by atoms with van der Waals surface area (Å²) in [5.74, 6) is 6.16. The number of rotatable bonds is 1. The Labute approximate surface area is 84.5 Å². The largest absolute Gasteiger partial charge is 0.481 e. The highest BCUT2D eigenvalue weighted by atomic mass is 16.5. The molecule has 0 fully saturated rings. The summed E-state index contributed by atoms with van der Waals surface area (Å²) in [6.45, 7) is 0. The van der Waals surface area contributed by atoms with Gasteiger partial charge in [0.2, 0.25) is 0 Å². The van der Waals surface area contributed by atoms with E-state index in [1.54, 1.807) is 6.26 Å². The minimum Gasteiger partial charge on any atom is -0.481 e. The second-order valence-corrected chi connectivity index (χ2v) is 3.14. The Bertz CT molecular complexity index is 372. The summed E-state index contributed by atoms with van der Waals surface area (Å²) in [5.41, 5.74) is 1.15. The fourth-order valence-corrected chi connectivity index (χ4v) is 1.38. The Morgan fingerprint density at radius 2 is 2.29 bits per heavy atom. The molecule has 1 atom stereocenters. The van der Waals surface area contributed by atoms with Gasteiger partial charge in [0, 0.05) is 12.0 Å². The molecule has 0 aromatic carbocycles.